The van der Waals surface area contributed by atoms with Crippen LogP contribution in [-0.2, 0) is 9.53 Å². The minimum Gasteiger partial charge on any atom is -0.469 e. The summed E-state index contributed by atoms with van der Waals surface area (Å²) in [5, 5.41) is 8.44. The number of ether oxygens (including phenoxy) is 1. The number of aliphatic hydroxyl groups excluding tert-OH is 1. The van der Waals surface area contributed by atoms with Crippen molar-refractivity contribution < 1.29 is 14.6 Å². The lowest BCUT2D eigenvalue weighted by Crippen LogP contribution is -2.25. The molecule has 0 unspecified atom stereocenters. The zero-order valence-corrected chi connectivity index (χ0v) is 7.75. The number of hydrogen-bond donors (Lipinski definition) is 1. The topological polar surface area (TPSA) is 46.5 Å². The summed E-state index contributed by atoms with van der Waals surface area (Å²) in [7, 11) is 1.41. The van der Waals surface area contributed by atoms with Crippen LogP contribution in [0.1, 0.15) is 19.3 Å². The first-order valence-corrected chi connectivity index (χ1v) is 4.42. The van der Waals surface area contributed by atoms with E-state index >= 15 is 0 Å². The van der Waals surface area contributed by atoms with Gasteiger partial charge in [-0.05, 0) is 18.8 Å². The van der Waals surface area contributed by atoms with Gasteiger partial charge in [-0.25, -0.2) is 0 Å². The second-order valence-electron chi connectivity index (χ2n) is 3.29. The van der Waals surface area contributed by atoms with Crippen LogP contribution < -0.4 is 0 Å². The molecule has 0 heterocycles. The van der Waals surface area contributed by atoms with Gasteiger partial charge in [-0.3, -0.25) is 4.79 Å². The van der Waals surface area contributed by atoms with Gasteiger partial charge in [0.25, 0.3) is 0 Å². The lowest BCUT2D eigenvalue weighted by atomic mass is 9.74. The van der Waals surface area contributed by atoms with Gasteiger partial charge in [0.2, 0.25) is 0 Å². The molecule has 1 aliphatic rings. The van der Waals surface area contributed by atoms with Crippen molar-refractivity contribution in [2.75, 3.05) is 13.7 Å². The molecule has 72 valence electrons. The number of hydrogen-bond acceptors (Lipinski definition) is 3. The van der Waals surface area contributed by atoms with Gasteiger partial charge in [-0.15, -0.1) is 0 Å². The Kier molecular flexibility index (Phi) is 3.78. The lowest BCUT2D eigenvalue weighted by molar-refractivity contribution is -0.142. The smallest absolute Gasteiger partial charge is 0.305 e. The monoisotopic (exact) mass is 182 g/mol. The van der Waals surface area contributed by atoms with Crippen LogP contribution in [0.5, 0.6) is 0 Å². The van der Waals surface area contributed by atoms with Crippen molar-refractivity contribution in [2.45, 2.75) is 19.3 Å². The van der Waals surface area contributed by atoms with E-state index in [-0.39, 0.29) is 12.6 Å². The van der Waals surface area contributed by atoms with Gasteiger partial charge >= 0.3 is 5.97 Å². The summed E-state index contributed by atoms with van der Waals surface area (Å²) in [4.78, 5) is 10.8. The number of methoxy groups -OCH3 is 1. The number of carbonyl (C=O) groups is 1. The first-order valence-electron chi connectivity index (χ1n) is 4.42. The van der Waals surface area contributed by atoms with Crippen molar-refractivity contribution in [3.8, 4) is 11.8 Å². The Balaban J connectivity index is 2.15. The average Bonchev–Trinajstić information content (AvgIpc) is 2.08. The Morgan fingerprint density at radius 2 is 2.31 bits per heavy atom. The van der Waals surface area contributed by atoms with E-state index in [1.807, 2.05) is 0 Å². The van der Waals surface area contributed by atoms with E-state index < -0.39 is 0 Å². The molecular weight excluding hydrogens is 168 g/mol. The maximum atomic E-state index is 10.8. The Morgan fingerprint density at radius 3 is 2.85 bits per heavy atom. The van der Waals surface area contributed by atoms with Crippen molar-refractivity contribution in [2.24, 2.45) is 11.8 Å². The molecule has 0 radical (unpaired) electrons. The van der Waals surface area contributed by atoms with E-state index in [1.165, 1.54) is 7.11 Å². The van der Waals surface area contributed by atoms with E-state index in [2.05, 4.69) is 16.6 Å². The van der Waals surface area contributed by atoms with E-state index in [0.29, 0.717) is 18.3 Å². The molecule has 3 nitrogen and oxygen atoms in total. The summed E-state index contributed by atoms with van der Waals surface area (Å²) >= 11 is 0. The maximum absolute atomic E-state index is 10.8. The van der Waals surface area contributed by atoms with Crippen LogP contribution in [0.25, 0.3) is 0 Å². The standard InChI is InChI=1S/C10H14O3/c1-13-10(12)7-9-5-8(6-9)3-2-4-11/h8-9,11H,4-7H2,1H3. The molecule has 0 aromatic rings. The van der Waals surface area contributed by atoms with Crippen LogP contribution in [0.2, 0.25) is 0 Å². The van der Waals surface area contributed by atoms with Crippen LogP contribution >= 0.6 is 0 Å². The molecule has 1 aliphatic carbocycles. The van der Waals surface area contributed by atoms with Crippen molar-refractivity contribution in [1.29, 1.82) is 0 Å². The molecule has 3 heteroatoms. The molecule has 13 heavy (non-hydrogen) atoms. The molecule has 0 atom stereocenters. The van der Waals surface area contributed by atoms with Gasteiger partial charge in [0.05, 0.1) is 7.11 Å². The Labute approximate surface area is 78.1 Å². The normalized spacial score (nSPS) is 25.4. The molecule has 0 bridgehead atoms. The zero-order valence-electron chi connectivity index (χ0n) is 7.75. The highest BCUT2D eigenvalue weighted by molar-refractivity contribution is 5.69. The number of esters is 1. The van der Waals surface area contributed by atoms with Gasteiger partial charge in [0.1, 0.15) is 6.61 Å². The van der Waals surface area contributed by atoms with Crippen molar-refractivity contribution in [3.05, 3.63) is 0 Å². The number of aliphatic hydroxyl groups is 1. The Morgan fingerprint density at radius 1 is 1.62 bits per heavy atom. The summed E-state index contributed by atoms with van der Waals surface area (Å²) in [6, 6.07) is 0. The van der Waals surface area contributed by atoms with Gasteiger partial charge in [-0.2, -0.15) is 0 Å². The number of rotatable bonds is 2. The molecule has 0 amide bonds. The molecule has 1 fully saturated rings. The Hall–Kier alpha value is -1.01. The fraction of sp³-hybridized carbons (Fsp3) is 0.700. The SMILES string of the molecule is COC(=O)CC1CC(C#CCO)C1. The highest BCUT2D eigenvalue weighted by Crippen LogP contribution is 2.35. The lowest BCUT2D eigenvalue weighted by Gasteiger charge is -2.30. The molecular formula is C10H14O3. The third-order valence-corrected chi connectivity index (χ3v) is 2.30. The summed E-state index contributed by atoms with van der Waals surface area (Å²) in [5.41, 5.74) is 0. The van der Waals surface area contributed by atoms with Crippen LogP contribution in [0.4, 0.5) is 0 Å². The predicted molar refractivity (Wildman–Crippen MR) is 47.7 cm³/mol. The van der Waals surface area contributed by atoms with Gasteiger partial charge in [-0.1, -0.05) is 11.8 Å². The minimum absolute atomic E-state index is 0.0713. The molecule has 1 N–H and O–H groups in total. The van der Waals surface area contributed by atoms with Crippen LogP contribution in [0.15, 0.2) is 0 Å². The fourth-order valence-electron chi connectivity index (χ4n) is 1.53. The Bertz CT molecular complexity index is 230. The predicted octanol–water partition coefficient (Wildman–Crippen LogP) is 0.571. The van der Waals surface area contributed by atoms with Crippen LogP contribution in [0.3, 0.4) is 0 Å². The van der Waals surface area contributed by atoms with E-state index in [4.69, 9.17) is 5.11 Å². The molecule has 0 aromatic heterocycles. The van der Waals surface area contributed by atoms with Crippen molar-refractivity contribution in [1.82, 2.24) is 0 Å². The molecule has 1 rings (SSSR count). The van der Waals surface area contributed by atoms with Gasteiger partial charge < -0.3 is 9.84 Å². The molecule has 0 aliphatic heterocycles. The number of carbonyl (C=O) groups excluding carboxylic acids is 1. The summed E-state index contributed by atoms with van der Waals surface area (Å²) in [6.45, 7) is -0.0713. The molecule has 0 saturated heterocycles. The van der Waals surface area contributed by atoms with Gasteiger partial charge in [0, 0.05) is 12.3 Å². The molecule has 1 saturated carbocycles. The average molecular weight is 182 g/mol. The highest BCUT2D eigenvalue weighted by Gasteiger charge is 2.29. The summed E-state index contributed by atoms with van der Waals surface area (Å²) in [6.07, 6.45) is 2.43. The fourth-order valence-corrected chi connectivity index (χ4v) is 1.53. The zero-order chi connectivity index (χ0) is 9.68. The third kappa shape index (κ3) is 3.08. The molecule has 0 aromatic carbocycles. The molecule has 0 spiro atoms. The highest BCUT2D eigenvalue weighted by atomic mass is 16.5. The quantitative estimate of drug-likeness (QED) is 0.501. The minimum atomic E-state index is -0.140. The summed E-state index contributed by atoms with van der Waals surface area (Å²) < 4.78 is 4.56. The second-order valence-corrected chi connectivity index (χ2v) is 3.29. The van der Waals surface area contributed by atoms with E-state index in [9.17, 15) is 4.79 Å². The largest absolute Gasteiger partial charge is 0.469 e. The van der Waals surface area contributed by atoms with Crippen LogP contribution in [-0.4, -0.2) is 24.8 Å². The second kappa shape index (κ2) is 4.88. The van der Waals surface area contributed by atoms with Gasteiger partial charge in [0.15, 0.2) is 0 Å². The van der Waals surface area contributed by atoms with E-state index in [0.717, 1.165) is 12.8 Å². The van der Waals surface area contributed by atoms with Crippen LogP contribution in [0, 0.1) is 23.7 Å². The first-order chi connectivity index (χ1) is 6.26. The maximum Gasteiger partial charge on any atom is 0.305 e. The first kappa shape index (κ1) is 10.1. The van der Waals surface area contributed by atoms with E-state index in [1.54, 1.807) is 0 Å². The van der Waals surface area contributed by atoms with Crippen molar-refractivity contribution >= 4 is 5.97 Å². The van der Waals surface area contributed by atoms with Crippen molar-refractivity contribution in [3.63, 3.8) is 0 Å². The third-order valence-electron chi connectivity index (χ3n) is 2.30. The summed E-state index contributed by atoms with van der Waals surface area (Å²) in [5.74, 6) is 6.24.